The fourth-order valence-electron chi connectivity index (χ4n) is 0.797. The number of hydrogen-bond donors (Lipinski definition) is 1. The van der Waals surface area contributed by atoms with Gasteiger partial charge >= 0.3 is 0 Å². The lowest BCUT2D eigenvalue weighted by Crippen LogP contribution is -2.02. The van der Waals surface area contributed by atoms with Crippen LogP contribution in [0.15, 0.2) is 0 Å². The molecule has 0 spiro atoms. The third kappa shape index (κ3) is 1.00. The molecule has 46 valence electrons. The molecule has 2 unspecified atom stereocenters. The fourth-order valence-corrected chi connectivity index (χ4v) is 2.24. The van der Waals surface area contributed by atoms with Gasteiger partial charge in [0.05, 0.1) is 0 Å². The van der Waals surface area contributed by atoms with E-state index in [2.05, 4.69) is 11.8 Å². The Balaban J connectivity index is 1.69. The van der Waals surface area contributed by atoms with E-state index in [9.17, 15) is 0 Å². The van der Waals surface area contributed by atoms with E-state index in [0.29, 0.717) is 6.04 Å². The standard InChI is InChI=1S/C6H11NS/c7-5-3-6(5)8-4-1-2-4/h4-6H,1-3,7H2. The summed E-state index contributed by atoms with van der Waals surface area (Å²) in [6, 6.07) is 0.556. The molecule has 0 radical (unpaired) electrons. The second kappa shape index (κ2) is 1.64. The molecule has 2 rings (SSSR count). The predicted molar refractivity (Wildman–Crippen MR) is 37.0 cm³/mol. The van der Waals surface area contributed by atoms with Crippen LogP contribution in [0.3, 0.4) is 0 Å². The van der Waals surface area contributed by atoms with E-state index in [-0.39, 0.29) is 0 Å². The van der Waals surface area contributed by atoms with Crippen LogP contribution in [0, 0.1) is 0 Å². The van der Waals surface area contributed by atoms with E-state index < -0.39 is 0 Å². The van der Waals surface area contributed by atoms with Crippen molar-refractivity contribution in [2.75, 3.05) is 0 Å². The molecule has 2 fully saturated rings. The topological polar surface area (TPSA) is 26.0 Å². The zero-order chi connectivity index (χ0) is 5.56. The Bertz CT molecular complexity index is 101. The maximum Gasteiger partial charge on any atom is 0.0217 e. The molecule has 2 saturated carbocycles. The number of rotatable bonds is 2. The molecule has 2 atom stereocenters. The van der Waals surface area contributed by atoms with Gasteiger partial charge in [-0.2, -0.15) is 11.8 Å². The Kier molecular flexibility index (Phi) is 1.05. The van der Waals surface area contributed by atoms with E-state index in [0.717, 1.165) is 10.5 Å². The molecule has 2 heteroatoms. The van der Waals surface area contributed by atoms with Gasteiger partial charge in [0.1, 0.15) is 0 Å². The highest BCUT2D eigenvalue weighted by Gasteiger charge is 2.38. The van der Waals surface area contributed by atoms with Crippen LogP contribution >= 0.6 is 11.8 Å². The van der Waals surface area contributed by atoms with Gasteiger partial charge in [-0.1, -0.05) is 0 Å². The lowest BCUT2D eigenvalue weighted by atomic mass is 10.8. The molecular formula is C6H11NS. The van der Waals surface area contributed by atoms with Crippen molar-refractivity contribution in [1.29, 1.82) is 0 Å². The highest BCUT2D eigenvalue weighted by atomic mass is 32.2. The van der Waals surface area contributed by atoms with Gasteiger partial charge in [0.15, 0.2) is 0 Å². The van der Waals surface area contributed by atoms with Crippen LogP contribution in [0.4, 0.5) is 0 Å². The Morgan fingerprint density at radius 2 is 2.00 bits per heavy atom. The molecule has 0 bridgehead atoms. The van der Waals surface area contributed by atoms with Crippen molar-refractivity contribution >= 4 is 11.8 Å². The number of thioether (sulfide) groups is 1. The Morgan fingerprint density at radius 1 is 1.38 bits per heavy atom. The molecule has 0 saturated heterocycles. The van der Waals surface area contributed by atoms with E-state index in [1.165, 1.54) is 19.3 Å². The summed E-state index contributed by atoms with van der Waals surface area (Å²) in [5, 5.41) is 1.86. The molecule has 0 aromatic heterocycles. The van der Waals surface area contributed by atoms with Crippen LogP contribution in [-0.4, -0.2) is 16.5 Å². The average Bonchev–Trinajstić information content (AvgIpc) is 2.52. The molecule has 0 heterocycles. The van der Waals surface area contributed by atoms with Crippen molar-refractivity contribution in [3.05, 3.63) is 0 Å². The van der Waals surface area contributed by atoms with Crippen LogP contribution in [-0.2, 0) is 0 Å². The summed E-state index contributed by atoms with van der Waals surface area (Å²) in [5.74, 6) is 0. The second-order valence-corrected chi connectivity index (χ2v) is 4.32. The van der Waals surface area contributed by atoms with E-state index in [1.54, 1.807) is 0 Å². The van der Waals surface area contributed by atoms with Gasteiger partial charge in [0.2, 0.25) is 0 Å². The lowest BCUT2D eigenvalue weighted by molar-refractivity contribution is 1.07. The first kappa shape index (κ1) is 5.12. The molecule has 2 aliphatic carbocycles. The van der Waals surface area contributed by atoms with Gasteiger partial charge in [-0.15, -0.1) is 0 Å². The summed E-state index contributed by atoms with van der Waals surface area (Å²) >= 11 is 2.11. The van der Waals surface area contributed by atoms with Crippen LogP contribution in [0.25, 0.3) is 0 Å². The largest absolute Gasteiger partial charge is 0.327 e. The Labute approximate surface area is 54.0 Å². The molecular weight excluding hydrogens is 118 g/mol. The molecule has 0 aromatic rings. The normalized spacial score (nSPS) is 44.6. The monoisotopic (exact) mass is 129 g/mol. The van der Waals surface area contributed by atoms with Crippen molar-refractivity contribution < 1.29 is 0 Å². The van der Waals surface area contributed by atoms with Crippen molar-refractivity contribution in [1.82, 2.24) is 0 Å². The molecule has 2 N–H and O–H groups in total. The highest BCUT2D eigenvalue weighted by molar-refractivity contribution is 8.01. The van der Waals surface area contributed by atoms with Crippen molar-refractivity contribution in [3.63, 3.8) is 0 Å². The molecule has 2 aliphatic rings. The number of hydrogen-bond acceptors (Lipinski definition) is 2. The van der Waals surface area contributed by atoms with Gasteiger partial charge in [0, 0.05) is 16.5 Å². The minimum Gasteiger partial charge on any atom is -0.327 e. The molecule has 0 amide bonds. The summed E-state index contributed by atoms with van der Waals surface area (Å²) in [6.07, 6.45) is 4.18. The fraction of sp³-hybridized carbons (Fsp3) is 1.00. The molecule has 1 nitrogen and oxygen atoms in total. The van der Waals surface area contributed by atoms with Gasteiger partial charge in [-0.25, -0.2) is 0 Å². The minimum atomic E-state index is 0.556. The molecule has 8 heavy (non-hydrogen) atoms. The first-order valence-corrected chi connectivity index (χ1v) is 4.21. The third-order valence-corrected chi connectivity index (χ3v) is 3.42. The summed E-state index contributed by atoms with van der Waals surface area (Å²) in [7, 11) is 0. The van der Waals surface area contributed by atoms with Gasteiger partial charge in [0.25, 0.3) is 0 Å². The summed E-state index contributed by atoms with van der Waals surface area (Å²) < 4.78 is 0. The summed E-state index contributed by atoms with van der Waals surface area (Å²) in [5.41, 5.74) is 5.62. The maximum atomic E-state index is 5.62. The lowest BCUT2D eigenvalue weighted by Gasteiger charge is -1.90. The Morgan fingerprint density at radius 3 is 2.38 bits per heavy atom. The quantitative estimate of drug-likeness (QED) is 0.601. The first-order chi connectivity index (χ1) is 3.86. The van der Waals surface area contributed by atoms with Crippen LogP contribution in [0.5, 0.6) is 0 Å². The maximum absolute atomic E-state index is 5.62. The zero-order valence-corrected chi connectivity index (χ0v) is 5.66. The SMILES string of the molecule is NC1CC1SC1CC1. The van der Waals surface area contributed by atoms with E-state index in [4.69, 9.17) is 5.73 Å². The van der Waals surface area contributed by atoms with Gasteiger partial charge in [-0.3, -0.25) is 0 Å². The van der Waals surface area contributed by atoms with E-state index in [1.807, 2.05) is 0 Å². The van der Waals surface area contributed by atoms with Crippen molar-refractivity contribution in [2.45, 2.75) is 35.8 Å². The summed E-state index contributed by atoms with van der Waals surface area (Å²) in [6.45, 7) is 0. The van der Waals surface area contributed by atoms with Crippen molar-refractivity contribution in [2.24, 2.45) is 5.73 Å². The second-order valence-electron chi connectivity index (χ2n) is 2.77. The van der Waals surface area contributed by atoms with Crippen LogP contribution in [0.1, 0.15) is 19.3 Å². The van der Waals surface area contributed by atoms with Crippen molar-refractivity contribution in [3.8, 4) is 0 Å². The van der Waals surface area contributed by atoms with Crippen LogP contribution in [0.2, 0.25) is 0 Å². The van der Waals surface area contributed by atoms with E-state index >= 15 is 0 Å². The highest BCUT2D eigenvalue weighted by Crippen LogP contribution is 2.44. The van der Waals surface area contributed by atoms with Crippen LogP contribution < -0.4 is 5.73 Å². The minimum absolute atomic E-state index is 0.556. The summed E-state index contributed by atoms with van der Waals surface area (Å²) in [4.78, 5) is 0. The average molecular weight is 129 g/mol. The molecule has 0 aliphatic heterocycles. The molecule has 0 aromatic carbocycles. The number of nitrogens with two attached hydrogens (primary N) is 1. The smallest absolute Gasteiger partial charge is 0.0217 e. The predicted octanol–water partition coefficient (Wildman–Crippen LogP) is 0.982. The zero-order valence-electron chi connectivity index (χ0n) is 4.84. The van der Waals surface area contributed by atoms with Gasteiger partial charge in [-0.05, 0) is 19.3 Å². The first-order valence-electron chi connectivity index (χ1n) is 3.27. The third-order valence-electron chi connectivity index (χ3n) is 1.67. The van der Waals surface area contributed by atoms with Gasteiger partial charge < -0.3 is 5.73 Å². The Hall–Kier alpha value is 0.310.